The van der Waals surface area contributed by atoms with Crippen molar-refractivity contribution in [3.8, 4) is 0 Å². The number of fused-ring (bicyclic) bond motifs is 1. The zero-order chi connectivity index (χ0) is 15.1. The summed E-state index contributed by atoms with van der Waals surface area (Å²) >= 11 is -0.388. The molecule has 21 heavy (non-hydrogen) atoms. The van der Waals surface area contributed by atoms with E-state index in [-0.39, 0.29) is 20.3 Å². The third-order valence-corrected chi connectivity index (χ3v) is 5.97. The normalized spacial score (nSPS) is 33.4. The van der Waals surface area contributed by atoms with Crippen LogP contribution in [0.25, 0.3) is 9.65 Å². The van der Waals surface area contributed by atoms with Gasteiger partial charge in [-0.1, -0.05) is 0 Å². The van der Waals surface area contributed by atoms with Gasteiger partial charge in [0.05, 0.1) is 0 Å². The Morgan fingerprint density at radius 3 is 2.52 bits per heavy atom. The van der Waals surface area contributed by atoms with Crippen molar-refractivity contribution in [3.63, 3.8) is 0 Å². The fourth-order valence-corrected chi connectivity index (χ4v) is 4.67. The first kappa shape index (κ1) is 14.9. The van der Waals surface area contributed by atoms with Gasteiger partial charge in [-0.05, 0) is 0 Å². The maximum absolute atomic E-state index is 12.4. The molecule has 1 fully saturated rings. The van der Waals surface area contributed by atoms with Gasteiger partial charge in [-0.25, -0.2) is 0 Å². The minimum atomic E-state index is -1.48. The fourth-order valence-electron chi connectivity index (χ4n) is 2.43. The Labute approximate surface area is 125 Å². The second-order valence-corrected chi connectivity index (χ2v) is 7.07. The van der Waals surface area contributed by atoms with E-state index in [1.54, 1.807) is 12.1 Å². The summed E-state index contributed by atoms with van der Waals surface area (Å²) in [6, 6.07) is 7.11. The van der Waals surface area contributed by atoms with Crippen molar-refractivity contribution in [1.29, 1.82) is 0 Å². The molecule has 2 heterocycles. The van der Waals surface area contributed by atoms with Crippen LogP contribution in [0.15, 0.2) is 29.1 Å². The van der Waals surface area contributed by atoms with Gasteiger partial charge >= 0.3 is 125 Å². The minimum absolute atomic E-state index is 0.282. The second-order valence-electron chi connectivity index (χ2n) is 4.94. The van der Waals surface area contributed by atoms with Crippen LogP contribution in [0.1, 0.15) is 6.23 Å². The van der Waals surface area contributed by atoms with Crippen molar-refractivity contribution >= 4 is 24.4 Å². The van der Waals surface area contributed by atoms with E-state index in [0.29, 0.717) is 5.39 Å². The van der Waals surface area contributed by atoms with E-state index in [1.165, 1.54) is 3.56 Å². The Balaban J connectivity index is 2.05. The summed E-state index contributed by atoms with van der Waals surface area (Å²) < 4.78 is 7.66. The molecule has 2 aromatic rings. The topological polar surface area (TPSA) is 112 Å². The van der Waals surface area contributed by atoms with Crippen LogP contribution in [0.4, 0.5) is 0 Å². The SMILES string of the molecule is O=c1c2ccccc2[se]n1C1O[C@H](CO)[C@@H](O)[C@H](O)[C@H]1O. The van der Waals surface area contributed by atoms with Crippen molar-refractivity contribution in [3.05, 3.63) is 34.6 Å². The molecule has 4 N–H and O–H groups in total. The molecule has 1 aromatic heterocycles. The van der Waals surface area contributed by atoms with Gasteiger partial charge < -0.3 is 0 Å². The van der Waals surface area contributed by atoms with E-state index in [2.05, 4.69) is 0 Å². The van der Waals surface area contributed by atoms with Gasteiger partial charge in [-0.3, -0.25) is 0 Å². The second kappa shape index (κ2) is 5.66. The summed E-state index contributed by atoms with van der Waals surface area (Å²) in [5.41, 5.74) is -0.282. The molecular formula is C13H15NO6Se. The molecule has 1 aliphatic heterocycles. The first-order valence-electron chi connectivity index (χ1n) is 6.45. The van der Waals surface area contributed by atoms with Crippen LogP contribution >= 0.6 is 0 Å². The third kappa shape index (κ3) is 2.39. The molecule has 0 radical (unpaired) electrons. The number of hydrogen-bond donors (Lipinski definition) is 4. The van der Waals surface area contributed by atoms with E-state index in [9.17, 15) is 25.2 Å². The molecule has 1 aliphatic rings. The van der Waals surface area contributed by atoms with Crippen molar-refractivity contribution in [2.24, 2.45) is 0 Å². The standard InChI is InChI=1S/C13H15NO6Se/c15-5-7-9(16)10(17)11(18)13(20-7)14-12(19)6-3-1-2-4-8(6)21-14/h1-4,7,9-11,13,15-18H,5H2/t7-,9-,10+,11-,13?/m1/s1. The zero-order valence-electron chi connectivity index (χ0n) is 10.9. The maximum atomic E-state index is 12.4. The Bertz CT molecular complexity index is 695. The van der Waals surface area contributed by atoms with Crippen LogP contribution in [-0.4, -0.2) is 69.7 Å². The Kier molecular flexibility index (Phi) is 4.02. The molecule has 3 rings (SSSR count). The van der Waals surface area contributed by atoms with Crippen molar-refractivity contribution in [2.75, 3.05) is 6.61 Å². The summed E-state index contributed by atoms with van der Waals surface area (Å²) in [7, 11) is 0. The van der Waals surface area contributed by atoms with Crippen LogP contribution in [0, 0.1) is 0 Å². The van der Waals surface area contributed by atoms with E-state index < -0.39 is 37.3 Å². The fraction of sp³-hybridized carbons (Fsp3) is 0.462. The molecule has 0 amide bonds. The van der Waals surface area contributed by atoms with E-state index in [0.717, 1.165) is 4.26 Å². The quantitative estimate of drug-likeness (QED) is 0.463. The molecule has 5 atom stereocenters. The first-order valence-corrected chi connectivity index (χ1v) is 8.08. The van der Waals surface area contributed by atoms with Crippen molar-refractivity contribution in [2.45, 2.75) is 30.6 Å². The van der Waals surface area contributed by atoms with E-state index in [4.69, 9.17) is 4.74 Å². The molecule has 1 saturated heterocycles. The Hall–Kier alpha value is -0.991. The number of aliphatic hydroxyl groups is 4. The summed E-state index contributed by atoms with van der Waals surface area (Å²) in [6.07, 6.45) is -6.42. The molecule has 0 spiro atoms. The van der Waals surface area contributed by atoms with Gasteiger partial charge in [0.2, 0.25) is 0 Å². The molecule has 0 aliphatic carbocycles. The van der Waals surface area contributed by atoms with Crippen LogP contribution in [0.2, 0.25) is 0 Å². The van der Waals surface area contributed by atoms with Crippen molar-refractivity contribution < 1.29 is 25.2 Å². The Morgan fingerprint density at radius 1 is 1.14 bits per heavy atom. The predicted molar refractivity (Wildman–Crippen MR) is 74.2 cm³/mol. The van der Waals surface area contributed by atoms with Gasteiger partial charge in [-0.15, -0.1) is 0 Å². The van der Waals surface area contributed by atoms with E-state index in [1.807, 2.05) is 12.1 Å². The number of rotatable bonds is 2. The van der Waals surface area contributed by atoms with Gasteiger partial charge in [0.1, 0.15) is 0 Å². The number of nitrogens with zero attached hydrogens (tertiary/aromatic N) is 1. The molecule has 1 unspecified atom stereocenters. The van der Waals surface area contributed by atoms with Gasteiger partial charge in [0.25, 0.3) is 0 Å². The summed E-state index contributed by atoms with van der Waals surface area (Å²) in [4.78, 5) is 12.4. The van der Waals surface area contributed by atoms with E-state index >= 15 is 0 Å². The number of aromatic nitrogens is 1. The van der Waals surface area contributed by atoms with Crippen LogP contribution in [0.3, 0.4) is 0 Å². The molecule has 1 aromatic carbocycles. The van der Waals surface area contributed by atoms with Gasteiger partial charge in [-0.2, -0.15) is 0 Å². The average Bonchev–Trinajstić information content (AvgIpc) is 2.83. The number of benzene rings is 1. The summed E-state index contributed by atoms with van der Waals surface area (Å²) in [5.74, 6) is 0. The van der Waals surface area contributed by atoms with Gasteiger partial charge in [0.15, 0.2) is 0 Å². The molecular weight excluding hydrogens is 345 g/mol. The van der Waals surface area contributed by atoms with Gasteiger partial charge in [0, 0.05) is 0 Å². The first-order chi connectivity index (χ1) is 10.0. The number of ether oxygens (including phenoxy) is 1. The monoisotopic (exact) mass is 361 g/mol. The van der Waals surface area contributed by atoms with Crippen LogP contribution in [-0.2, 0) is 4.74 Å². The van der Waals surface area contributed by atoms with Crippen LogP contribution < -0.4 is 5.56 Å². The third-order valence-electron chi connectivity index (χ3n) is 3.61. The number of aliphatic hydroxyl groups excluding tert-OH is 4. The number of hydrogen-bond acceptors (Lipinski definition) is 6. The van der Waals surface area contributed by atoms with Crippen molar-refractivity contribution in [1.82, 2.24) is 3.56 Å². The Morgan fingerprint density at radius 2 is 1.86 bits per heavy atom. The molecule has 0 bridgehead atoms. The van der Waals surface area contributed by atoms with Crippen LogP contribution in [0.5, 0.6) is 0 Å². The summed E-state index contributed by atoms with van der Waals surface area (Å²) in [6.45, 7) is -0.510. The zero-order valence-corrected chi connectivity index (χ0v) is 12.6. The summed E-state index contributed by atoms with van der Waals surface area (Å²) in [5, 5.41) is 39.4. The molecule has 114 valence electrons. The molecule has 7 nitrogen and oxygen atoms in total. The average molecular weight is 360 g/mol. The predicted octanol–water partition coefficient (Wildman–Crippen LogP) is -1.97. The molecule has 0 saturated carbocycles. The molecule has 8 heteroatoms.